The van der Waals surface area contributed by atoms with Gasteiger partial charge in [0.25, 0.3) is 0 Å². The monoisotopic (exact) mass is 145 g/mol. The molecule has 2 atom stereocenters. The van der Waals surface area contributed by atoms with E-state index < -0.39 is 6.29 Å². The molecule has 0 amide bonds. The molecule has 1 fully saturated rings. The number of hydrogen-bond acceptors (Lipinski definition) is 3. The van der Waals surface area contributed by atoms with E-state index in [0.29, 0.717) is 6.61 Å². The highest BCUT2D eigenvalue weighted by atomic mass is 16.6. The zero-order chi connectivity index (χ0) is 7.78. The Balaban J connectivity index is 2.49. The van der Waals surface area contributed by atoms with Crippen LogP contribution in [0.2, 0.25) is 0 Å². The Morgan fingerprint density at radius 2 is 2.20 bits per heavy atom. The molecule has 3 nitrogen and oxygen atoms in total. The molecule has 10 heavy (non-hydrogen) atoms. The Morgan fingerprint density at radius 3 is 2.60 bits per heavy atom. The van der Waals surface area contributed by atoms with Crippen LogP contribution >= 0.6 is 0 Å². The van der Waals surface area contributed by atoms with Crippen LogP contribution in [0.3, 0.4) is 0 Å². The summed E-state index contributed by atoms with van der Waals surface area (Å²) in [6.45, 7) is 6.58. The van der Waals surface area contributed by atoms with E-state index in [2.05, 4.69) is 19.2 Å². The van der Waals surface area contributed by atoms with Crippen molar-refractivity contribution in [1.29, 1.82) is 0 Å². The molecule has 3 heteroatoms. The second kappa shape index (κ2) is 2.49. The van der Waals surface area contributed by atoms with Crippen molar-refractivity contribution >= 4 is 0 Å². The van der Waals surface area contributed by atoms with Crippen LogP contribution in [0.5, 0.6) is 0 Å². The molecule has 1 saturated heterocycles. The third-order valence-corrected chi connectivity index (χ3v) is 1.66. The highest BCUT2D eigenvalue weighted by molar-refractivity contribution is 4.85. The summed E-state index contributed by atoms with van der Waals surface area (Å²) in [4.78, 5) is 0. The van der Waals surface area contributed by atoms with Crippen molar-refractivity contribution in [3.8, 4) is 0 Å². The van der Waals surface area contributed by atoms with Gasteiger partial charge in [0.1, 0.15) is 0 Å². The SMILES string of the molecule is C[C@@H]1NC(C)(C)CO[C@@H]1O. The van der Waals surface area contributed by atoms with Gasteiger partial charge in [0.05, 0.1) is 12.6 Å². The summed E-state index contributed by atoms with van der Waals surface area (Å²) in [5.74, 6) is 0. The molecule has 0 unspecified atom stereocenters. The fraction of sp³-hybridized carbons (Fsp3) is 1.00. The van der Waals surface area contributed by atoms with Gasteiger partial charge in [-0.1, -0.05) is 0 Å². The van der Waals surface area contributed by atoms with Gasteiger partial charge in [-0.2, -0.15) is 0 Å². The number of morpholine rings is 1. The lowest BCUT2D eigenvalue weighted by Gasteiger charge is -2.38. The van der Waals surface area contributed by atoms with Gasteiger partial charge in [0.15, 0.2) is 6.29 Å². The van der Waals surface area contributed by atoms with Crippen molar-refractivity contribution in [3.63, 3.8) is 0 Å². The third kappa shape index (κ3) is 1.68. The van der Waals surface area contributed by atoms with Gasteiger partial charge in [0, 0.05) is 5.54 Å². The van der Waals surface area contributed by atoms with Crippen molar-refractivity contribution in [2.45, 2.75) is 38.6 Å². The first-order chi connectivity index (χ1) is 4.51. The highest BCUT2D eigenvalue weighted by Gasteiger charge is 2.30. The Kier molecular flexibility index (Phi) is 1.99. The fourth-order valence-electron chi connectivity index (χ4n) is 1.17. The molecule has 0 aromatic rings. The molecule has 2 N–H and O–H groups in total. The van der Waals surface area contributed by atoms with Crippen LogP contribution in [-0.2, 0) is 4.74 Å². The predicted octanol–water partition coefficient (Wildman–Crippen LogP) is 0.0917. The second-order valence-corrected chi connectivity index (χ2v) is 3.52. The van der Waals surface area contributed by atoms with Crippen molar-refractivity contribution < 1.29 is 9.84 Å². The van der Waals surface area contributed by atoms with Crippen LogP contribution in [0.15, 0.2) is 0 Å². The second-order valence-electron chi connectivity index (χ2n) is 3.52. The van der Waals surface area contributed by atoms with Crippen LogP contribution in [0.25, 0.3) is 0 Å². The Morgan fingerprint density at radius 1 is 1.60 bits per heavy atom. The standard InChI is InChI=1S/C7H15NO2/c1-5-6(9)10-4-7(2,3)8-5/h5-6,8-9H,4H2,1-3H3/t5-,6-/m0/s1. The first-order valence-electron chi connectivity index (χ1n) is 3.59. The summed E-state index contributed by atoms with van der Waals surface area (Å²) >= 11 is 0. The molecule has 0 bridgehead atoms. The zero-order valence-corrected chi connectivity index (χ0v) is 6.72. The maximum atomic E-state index is 9.13. The maximum absolute atomic E-state index is 9.13. The van der Waals surface area contributed by atoms with Crippen molar-refractivity contribution in [2.24, 2.45) is 0 Å². The van der Waals surface area contributed by atoms with E-state index in [1.54, 1.807) is 0 Å². The molecule has 1 aliphatic heterocycles. The summed E-state index contributed by atoms with van der Waals surface area (Å²) in [6.07, 6.45) is -0.645. The fourth-order valence-corrected chi connectivity index (χ4v) is 1.17. The van der Waals surface area contributed by atoms with Crippen molar-refractivity contribution in [1.82, 2.24) is 5.32 Å². The number of aliphatic hydroxyl groups is 1. The van der Waals surface area contributed by atoms with E-state index in [0.717, 1.165) is 0 Å². The first-order valence-corrected chi connectivity index (χ1v) is 3.59. The quantitative estimate of drug-likeness (QED) is 0.507. The number of nitrogens with one attached hydrogen (secondary N) is 1. The van der Waals surface area contributed by atoms with E-state index in [1.807, 2.05) is 6.92 Å². The largest absolute Gasteiger partial charge is 0.367 e. The summed E-state index contributed by atoms with van der Waals surface area (Å²) in [5, 5.41) is 12.4. The lowest BCUT2D eigenvalue weighted by molar-refractivity contribution is -0.161. The molecule has 0 spiro atoms. The van der Waals surface area contributed by atoms with Gasteiger partial charge in [-0.05, 0) is 20.8 Å². The zero-order valence-electron chi connectivity index (χ0n) is 6.72. The minimum absolute atomic E-state index is 0.00134. The summed E-state index contributed by atoms with van der Waals surface area (Å²) in [6, 6.07) is 0.0312. The molecule has 0 radical (unpaired) electrons. The molecule has 60 valence electrons. The highest BCUT2D eigenvalue weighted by Crippen LogP contribution is 2.13. The lowest BCUT2D eigenvalue weighted by atomic mass is 10.0. The molecular weight excluding hydrogens is 130 g/mol. The summed E-state index contributed by atoms with van der Waals surface area (Å²) in [5.41, 5.74) is -0.00134. The van der Waals surface area contributed by atoms with E-state index in [-0.39, 0.29) is 11.6 Å². The Hall–Kier alpha value is -0.120. The minimum Gasteiger partial charge on any atom is -0.367 e. The summed E-state index contributed by atoms with van der Waals surface area (Å²) in [7, 11) is 0. The Bertz CT molecular complexity index is 125. The average Bonchev–Trinajstić information content (AvgIpc) is 1.79. The lowest BCUT2D eigenvalue weighted by Crippen LogP contribution is -2.58. The van der Waals surface area contributed by atoms with Gasteiger partial charge in [-0.25, -0.2) is 0 Å². The predicted molar refractivity (Wildman–Crippen MR) is 38.6 cm³/mol. The maximum Gasteiger partial charge on any atom is 0.169 e. The minimum atomic E-state index is -0.645. The van der Waals surface area contributed by atoms with E-state index >= 15 is 0 Å². The van der Waals surface area contributed by atoms with Gasteiger partial charge in [-0.3, -0.25) is 0 Å². The topological polar surface area (TPSA) is 41.5 Å². The average molecular weight is 145 g/mol. The van der Waals surface area contributed by atoms with E-state index in [1.165, 1.54) is 0 Å². The number of aliphatic hydroxyl groups excluding tert-OH is 1. The first kappa shape index (κ1) is 7.98. The Labute approximate surface area is 61.4 Å². The van der Waals surface area contributed by atoms with E-state index in [9.17, 15) is 0 Å². The van der Waals surface area contributed by atoms with Gasteiger partial charge >= 0.3 is 0 Å². The molecule has 0 aliphatic carbocycles. The van der Waals surface area contributed by atoms with Gasteiger partial charge in [-0.15, -0.1) is 0 Å². The number of hydrogen-bond donors (Lipinski definition) is 2. The normalized spacial score (nSPS) is 39.6. The van der Waals surface area contributed by atoms with Crippen LogP contribution in [0, 0.1) is 0 Å². The van der Waals surface area contributed by atoms with Gasteiger partial charge in [0.2, 0.25) is 0 Å². The third-order valence-electron chi connectivity index (χ3n) is 1.66. The molecular formula is C7H15NO2. The van der Waals surface area contributed by atoms with Crippen LogP contribution in [0.4, 0.5) is 0 Å². The van der Waals surface area contributed by atoms with Crippen molar-refractivity contribution in [3.05, 3.63) is 0 Å². The molecule has 0 aromatic heterocycles. The molecule has 0 aromatic carbocycles. The molecule has 1 aliphatic rings. The number of rotatable bonds is 0. The number of ether oxygens (including phenoxy) is 1. The van der Waals surface area contributed by atoms with Crippen LogP contribution in [0.1, 0.15) is 20.8 Å². The molecule has 1 rings (SSSR count). The smallest absolute Gasteiger partial charge is 0.169 e. The molecule has 0 saturated carbocycles. The molecule has 1 heterocycles. The van der Waals surface area contributed by atoms with Crippen molar-refractivity contribution in [2.75, 3.05) is 6.61 Å². The van der Waals surface area contributed by atoms with Crippen LogP contribution in [-0.4, -0.2) is 29.6 Å². The van der Waals surface area contributed by atoms with E-state index in [4.69, 9.17) is 9.84 Å². The van der Waals surface area contributed by atoms with Gasteiger partial charge < -0.3 is 15.2 Å². The van der Waals surface area contributed by atoms with Crippen LogP contribution < -0.4 is 5.32 Å². The summed E-state index contributed by atoms with van der Waals surface area (Å²) < 4.78 is 5.10.